The predicted octanol–water partition coefficient (Wildman–Crippen LogP) is 4.03. The number of rotatable bonds is 13. The van der Waals surface area contributed by atoms with E-state index in [2.05, 4.69) is 4.72 Å². The molecule has 52 heavy (non-hydrogen) atoms. The highest BCUT2D eigenvalue weighted by atomic mass is 32.2. The quantitative estimate of drug-likeness (QED) is 0.0988. The van der Waals surface area contributed by atoms with Crippen LogP contribution < -0.4 is 4.72 Å². The number of benzene rings is 1. The first-order chi connectivity index (χ1) is 24.1. The molecule has 0 aromatic heterocycles. The highest BCUT2D eigenvalue weighted by molar-refractivity contribution is 7.89. The number of halogens is 2. The van der Waals surface area contributed by atoms with Crippen LogP contribution in [-0.4, -0.2) is 96.7 Å². The smallest absolute Gasteiger partial charge is 0.309 e. The van der Waals surface area contributed by atoms with Crippen molar-refractivity contribution in [3.63, 3.8) is 0 Å². The first kappa shape index (κ1) is 43.4. The van der Waals surface area contributed by atoms with E-state index in [1.54, 1.807) is 33.1 Å². The van der Waals surface area contributed by atoms with Crippen molar-refractivity contribution in [2.24, 2.45) is 11.8 Å². The molecule has 3 rings (SSSR count). The molecule has 4 N–H and O–H groups in total. The number of hydrogen-bond acceptors (Lipinski definition) is 11. The molecule has 2 aliphatic rings. The van der Waals surface area contributed by atoms with Crippen LogP contribution in [0.1, 0.15) is 74.1 Å². The monoisotopic (exact) mass is 757 g/mol. The molecule has 1 fully saturated rings. The fraction of sp³-hybridized carbons (Fsp3) is 0.622. The molecule has 2 heterocycles. The number of cyclic esters (lactones) is 1. The Bertz CT molecular complexity index is 1610. The van der Waals surface area contributed by atoms with Gasteiger partial charge < -0.3 is 34.3 Å². The van der Waals surface area contributed by atoms with Crippen LogP contribution in [0.5, 0.6) is 0 Å². The number of allylic oxidation sites excluding steroid dienone is 2. The highest BCUT2D eigenvalue weighted by Gasteiger charge is 2.55. The molecule has 0 bridgehead atoms. The van der Waals surface area contributed by atoms with Crippen LogP contribution in [0.2, 0.25) is 0 Å². The molecular formula is C37H53F2NO11S. The van der Waals surface area contributed by atoms with E-state index >= 15 is 0 Å². The summed E-state index contributed by atoms with van der Waals surface area (Å²) in [6.45, 7) is 11.3. The molecule has 11 atom stereocenters. The molecule has 0 saturated carbocycles. The number of sulfonamides is 1. The largest absolute Gasteiger partial charge is 0.457 e. The van der Waals surface area contributed by atoms with Gasteiger partial charge in [-0.1, -0.05) is 45.1 Å². The van der Waals surface area contributed by atoms with E-state index < -0.39 is 92.2 Å². The number of epoxide rings is 1. The highest BCUT2D eigenvalue weighted by Crippen LogP contribution is 2.39. The third kappa shape index (κ3) is 11.5. The van der Waals surface area contributed by atoms with Gasteiger partial charge in [0, 0.05) is 25.9 Å². The van der Waals surface area contributed by atoms with E-state index in [0.717, 1.165) is 6.07 Å². The fourth-order valence-corrected chi connectivity index (χ4v) is 7.76. The Balaban J connectivity index is 1.96. The second-order valence-corrected chi connectivity index (χ2v) is 15.9. The topological polar surface area (TPSA) is 181 Å². The van der Waals surface area contributed by atoms with E-state index in [0.29, 0.717) is 24.1 Å². The van der Waals surface area contributed by atoms with Crippen LogP contribution in [0.25, 0.3) is 0 Å². The Morgan fingerprint density at radius 1 is 1.21 bits per heavy atom. The van der Waals surface area contributed by atoms with Crippen LogP contribution in [0.3, 0.4) is 0 Å². The summed E-state index contributed by atoms with van der Waals surface area (Å²) in [4.78, 5) is 24.1. The van der Waals surface area contributed by atoms with Crippen LogP contribution in [0.4, 0.5) is 8.78 Å². The zero-order valence-corrected chi connectivity index (χ0v) is 31.7. The lowest BCUT2D eigenvalue weighted by Crippen LogP contribution is -2.54. The van der Waals surface area contributed by atoms with Crippen LogP contribution >= 0.6 is 0 Å². The van der Waals surface area contributed by atoms with E-state index in [1.807, 2.05) is 13.8 Å². The van der Waals surface area contributed by atoms with Crippen molar-refractivity contribution in [2.75, 3.05) is 7.11 Å². The number of carbonyl (C=O) groups excluding carboxylic acids is 2. The standard InChI is InChI=1S/C37H53F2NO11S/c1-9-29(48-8)23(4)33-34(51-33)35(40-52(46,47)26-13-14-27(38)28(39)20-26)37(7,45)17-10-11-21(2)32-22(3)12-15-30(49-24(5)41)36(6,44)18-16-25(42)19-31(43)50-32/h10-15,17,20,22-23,25,29-30,32-35,40,42,44-45H,9,16,18-19H2,1-8H3/b15-12+,17-10+,21-11+/t22-,23+,25+,29-,30-,32?,33+,34-,35?,36?,37?/m0/s1. The van der Waals surface area contributed by atoms with Gasteiger partial charge in [0.2, 0.25) is 10.0 Å². The molecule has 0 spiro atoms. The second-order valence-electron chi connectivity index (χ2n) is 14.2. The van der Waals surface area contributed by atoms with Crippen molar-refractivity contribution in [3.8, 4) is 0 Å². The van der Waals surface area contributed by atoms with Gasteiger partial charge in [-0.3, -0.25) is 9.59 Å². The minimum absolute atomic E-state index is 0.0382. The summed E-state index contributed by atoms with van der Waals surface area (Å²) >= 11 is 0. The van der Waals surface area contributed by atoms with Crippen LogP contribution in [-0.2, 0) is 38.6 Å². The summed E-state index contributed by atoms with van der Waals surface area (Å²) < 4.78 is 79.5. The molecule has 292 valence electrons. The maximum atomic E-state index is 14.0. The van der Waals surface area contributed by atoms with Gasteiger partial charge in [-0.15, -0.1) is 0 Å². The summed E-state index contributed by atoms with van der Waals surface area (Å²) in [5.74, 6) is -4.59. The van der Waals surface area contributed by atoms with E-state index in [1.165, 1.54) is 39.0 Å². The first-order valence-corrected chi connectivity index (χ1v) is 18.8. The van der Waals surface area contributed by atoms with Gasteiger partial charge in [0.05, 0.1) is 41.3 Å². The summed E-state index contributed by atoms with van der Waals surface area (Å²) in [5.41, 5.74) is -2.95. The number of nitrogens with one attached hydrogen (secondary N) is 1. The third-order valence-corrected chi connectivity index (χ3v) is 11.1. The minimum Gasteiger partial charge on any atom is -0.457 e. The SMILES string of the molecule is CC[C@H](OC)[C@@H](C)[C@H]1O[C@@H]1C(NS(=O)(=O)c1ccc(F)c(F)c1)C(C)(O)/C=C/C=C(\C)C1OC(=O)C[C@H](O)CCC(C)(O)[C@@H](OC(C)=O)/C=C/[C@@H]1C. The average Bonchev–Trinajstić information content (AvgIpc) is 3.85. The average molecular weight is 758 g/mol. The number of aliphatic hydroxyl groups excluding tert-OH is 1. The molecule has 0 radical (unpaired) electrons. The lowest BCUT2D eigenvalue weighted by Gasteiger charge is -2.32. The van der Waals surface area contributed by atoms with Crippen LogP contribution in [0.15, 0.2) is 59.0 Å². The minimum atomic E-state index is -4.50. The molecule has 12 nitrogen and oxygen atoms in total. The van der Waals surface area contributed by atoms with Gasteiger partial charge in [0.25, 0.3) is 0 Å². The molecule has 1 saturated heterocycles. The third-order valence-electron chi connectivity index (χ3n) is 9.67. The number of carbonyl (C=O) groups is 2. The second kappa shape index (κ2) is 17.9. The number of hydrogen-bond donors (Lipinski definition) is 4. The summed E-state index contributed by atoms with van der Waals surface area (Å²) in [7, 11) is -2.94. The predicted molar refractivity (Wildman–Crippen MR) is 187 cm³/mol. The van der Waals surface area contributed by atoms with Gasteiger partial charge in [-0.2, -0.15) is 0 Å². The molecule has 2 aliphatic heterocycles. The van der Waals surface area contributed by atoms with Gasteiger partial charge in [0.15, 0.2) is 11.6 Å². The molecule has 0 amide bonds. The summed E-state index contributed by atoms with van der Waals surface area (Å²) in [6.07, 6.45) is 3.28. The number of esters is 2. The van der Waals surface area contributed by atoms with Crippen molar-refractivity contribution in [1.29, 1.82) is 0 Å². The maximum absolute atomic E-state index is 14.0. The molecule has 1 aromatic rings. The Labute approximate surface area is 304 Å². The fourth-order valence-electron chi connectivity index (χ4n) is 6.41. The van der Waals surface area contributed by atoms with E-state index in [-0.39, 0.29) is 31.3 Å². The normalized spacial score (nSPS) is 31.3. The van der Waals surface area contributed by atoms with Crippen molar-refractivity contribution >= 4 is 22.0 Å². The molecule has 15 heteroatoms. The van der Waals surface area contributed by atoms with Gasteiger partial charge in [-0.25, -0.2) is 21.9 Å². The maximum Gasteiger partial charge on any atom is 0.309 e. The summed E-state index contributed by atoms with van der Waals surface area (Å²) in [6, 6.07) is 0.851. The van der Waals surface area contributed by atoms with Crippen molar-refractivity contribution in [1.82, 2.24) is 4.72 Å². The van der Waals surface area contributed by atoms with E-state index in [4.69, 9.17) is 18.9 Å². The Hall–Kier alpha value is -3.05. The van der Waals surface area contributed by atoms with Crippen molar-refractivity contribution < 1.29 is 61.1 Å². The Kier molecular flexibility index (Phi) is 14.9. The number of methoxy groups -OCH3 is 1. The summed E-state index contributed by atoms with van der Waals surface area (Å²) in [5, 5.41) is 33.3. The molecular weight excluding hydrogens is 704 g/mol. The molecule has 0 aliphatic carbocycles. The lowest BCUT2D eigenvalue weighted by atomic mass is 9.87. The van der Waals surface area contributed by atoms with E-state index in [9.17, 15) is 42.1 Å². The Morgan fingerprint density at radius 2 is 1.88 bits per heavy atom. The van der Waals surface area contributed by atoms with Crippen molar-refractivity contribution in [3.05, 3.63) is 65.8 Å². The molecule has 4 unspecified atom stereocenters. The number of aliphatic hydroxyl groups is 3. The zero-order valence-electron chi connectivity index (χ0n) is 30.9. The number of ether oxygens (including phenoxy) is 4. The van der Waals surface area contributed by atoms with Crippen molar-refractivity contribution in [2.45, 2.75) is 133 Å². The van der Waals surface area contributed by atoms with Crippen LogP contribution in [0, 0.1) is 23.5 Å². The first-order valence-electron chi connectivity index (χ1n) is 17.3. The lowest BCUT2D eigenvalue weighted by molar-refractivity contribution is -0.157. The Morgan fingerprint density at radius 3 is 2.48 bits per heavy atom. The van der Waals surface area contributed by atoms with Gasteiger partial charge in [0.1, 0.15) is 23.9 Å². The van der Waals surface area contributed by atoms with Gasteiger partial charge in [-0.05, 0) is 69.9 Å². The zero-order chi connectivity index (χ0) is 39.2. The molecule has 1 aromatic carbocycles. The van der Waals surface area contributed by atoms with Gasteiger partial charge >= 0.3 is 11.9 Å².